The lowest BCUT2D eigenvalue weighted by Gasteiger charge is -2.28. The summed E-state index contributed by atoms with van der Waals surface area (Å²) in [4.78, 5) is -1.41. The predicted molar refractivity (Wildman–Crippen MR) is 98.1 cm³/mol. The molecular formula is C16H7Br2ClF7O2S. The molecular weight excluding hydrogens is 584 g/mol. The van der Waals surface area contributed by atoms with Crippen LogP contribution in [0.3, 0.4) is 0 Å². The number of hydrogen-bond acceptors (Lipinski definition) is 2. The first kappa shape index (κ1) is 24.4. The Hall–Kier alpha value is -0.850. The van der Waals surface area contributed by atoms with E-state index in [9.17, 15) is 39.2 Å². The van der Waals surface area contributed by atoms with Crippen LogP contribution in [0.1, 0.15) is 11.1 Å². The lowest BCUT2D eigenvalue weighted by atomic mass is 10.1. The number of alkyl halides is 7. The lowest BCUT2D eigenvalue weighted by Crippen LogP contribution is -2.56. The minimum Gasteiger partial charge on any atom is -0.217 e. The van der Waals surface area contributed by atoms with Crippen molar-refractivity contribution in [2.45, 2.75) is 28.7 Å². The van der Waals surface area contributed by atoms with Crippen molar-refractivity contribution < 1.29 is 39.2 Å². The van der Waals surface area contributed by atoms with Gasteiger partial charge in [-0.25, -0.2) is 8.42 Å². The Morgan fingerprint density at radius 3 is 2.10 bits per heavy atom. The van der Waals surface area contributed by atoms with Crippen LogP contribution in [0.5, 0.6) is 0 Å². The fourth-order valence-electron chi connectivity index (χ4n) is 2.25. The van der Waals surface area contributed by atoms with Gasteiger partial charge in [0.2, 0.25) is 0 Å². The minimum atomic E-state index is -6.83. The average molecular weight is 592 g/mol. The SMILES string of the molecule is O=S(=O)(c1cc(Br)[c]c(Br)c1Cc1cccc(Cl)c1)C(F)(F)C(F)(F)C(F)(F)F. The number of sulfone groups is 1. The maximum absolute atomic E-state index is 14.1. The highest BCUT2D eigenvalue weighted by Crippen LogP contribution is 2.51. The molecule has 2 nitrogen and oxygen atoms in total. The van der Waals surface area contributed by atoms with E-state index in [4.69, 9.17) is 11.6 Å². The Morgan fingerprint density at radius 2 is 1.59 bits per heavy atom. The van der Waals surface area contributed by atoms with Gasteiger partial charge < -0.3 is 0 Å². The number of benzene rings is 2. The summed E-state index contributed by atoms with van der Waals surface area (Å²) in [7, 11) is -6.50. The van der Waals surface area contributed by atoms with Crippen LogP contribution in [0, 0.1) is 6.07 Å². The molecule has 0 aliphatic heterocycles. The first-order valence-corrected chi connectivity index (χ1v) is 10.7. The number of rotatable bonds is 5. The third-order valence-corrected chi connectivity index (χ3v) is 6.88. The van der Waals surface area contributed by atoms with Gasteiger partial charge in [-0.2, -0.15) is 30.7 Å². The summed E-state index contributed by atoms with van der Waals surface area (Å²) < 4.78 is 117. The van der Waals surface area contributed by atoms with E-state index in [0.717, 1.165) is 0 Å². The highest BCUT2D eigenvalue weighted by atomic mass is 79.9. The van der Waals surface area contributed by atoms with Crippen LogP contribution < -0.4 is 0 Å². The van der Waals surface area contributed by atoms with Gasteiger partial charge in [0.15, 0.2) is 0 Å². The molecule has 0 fully saturated rings. The Bertz CT molecular complexity index is 1040. The average Bonchev–Trinajstić information content (AvgIpc) is 2.55. The van der Waals surface area contributed by atoms with Gasteiger partial charge in [-0.1, -0.05) is 39.7 Å². The molecule has 0 saturated heterocycles. The maximum atomic E-state index is 14.1. The zero-order valence-electron chi connectivity index (χ0n) is 13.6. The van der Waals surface area contributed by atoms with Gasteiger partial charge in [-0.15, -0.1) is 0 Å². The molecule has 0 atom stereocenters. The molecule has 0 unspecified atom stereocenters. The molecule has 2 rings (SSSR count). The number of halogens is 10. The zero-order valence-corrected chi connectivity index (χ0v) is 18.3. The van der Waals surface area contributed by atoms with E-state index in [0.29, 0.717) is 6.07 Å². The summed E-state index contributed by atoms with van der Waals surface area (Å²) in [5.41, 5.74) is -0.204. The van der Waals surface area contributed by atoms with E-state index in [1.54, 1.807) is 0 Å². The van der Waals surface area contributed by atoms with Gasteiger partial charge >= 0.3 is 17.4 Å². The molecule has 159 valence electrons. The summed E-state index contributed by atoms with van der Waals surface area (Å²) in [5.74, 6) is -6.83. The highest BCUT2D eigenvalue weighted by Gasteiger charge is 2.78. The van der Waals surface area contributed by atoms with Crippen molar-refractivity contribution in [3.8, 4) is 0 Å². The van der Waals surface area contributed by atoms with E-state index >= 15 is 0 Å². The summed E-state index contributed by atoms with van der Waals surface area (Å²) in [6, 6.07) is 8.66. The molecule has 0 aromatic heterocycles. The summed E-state index contributed by atoms with van der Waals surface area (Å²) in [5, 5.41) is -6.26. The zero-order chi connectivity index (χ0) is 22.4. The van der Waals surface area contributed by atoms with Crippen LogP contribution in [0.4, 0.5) is 30.7 Å². The second-order valence-corrected chi connectivity index (χ2v) is 9.72. The van der Waals surface area contributed by atoms with Gasteiger partial charge in [0.1, 0.15) is 0 Å². The third-order valence-electron chi connectivity index (χ3n) is 3.67. The van der Waals surface area contributed by atoms with Crippen LogP contribution in [0.15, 0.2) is 44.2 Å². The molecule has 0 amide bonds. The van der Waals surface area contributed by atoms with Crippen molar-refractivity contribution in [3.05, 3.63) is 61.5 Å². The van der Waals surface area contributed by atoms with Crippen molar-refractivity contribution in [1.82, 2.24) is 0 Å². The van der Waals surface area contributed by atoms with Crippen molar-refractivity contribution in [3.63, 3.8) is 0 Å². The van der Waals surface area contributed by atoms with Crippen LogP contribution in [0.2, 0.25) is 5.02 Å². The van der Waals surface area contributed by atoms with Crippen molar-refractivity contribution >= 4 is 53.3 Å². The highest BCUT2D eigenvalue weighted by molar-refractivity contribution is 9.11. The quantitative estimate of drug-likeness (QED) is 0.358. The van der Waals surface area contributed by atoms with E-state index in [2.05, 4.69) is 37.9 Å². The fourth-order valence-corrected chi connectivity index (χ4v) is 5.51. The van der Waals surface area contributed by atoms with Gasteiger partial charge in [-0.05, 0) is 51.7 Å². The first-order chi connectivity index (χ1) is 13.0. The maximum Gasteiger partial charge on any atom is 0.461 e. The van der Waals surface area contributed by atoms with E-state index < -0.39 is 44.1 Å². The molecule has 0 bridgehead atoms. The molecule has 0 spiro atoms. The van der Waals surface area contributed by atoms with Gasteiger partial charge in [0.05, 0.1) is 4.90 Å². The Morgan fingerprint density at radius 1 is 1.00 bits per heavy atom. The normalized spacial score (nSPS) is 13.6. The van der Waals surface area contributed by atoms with E-state index in [-0.39, 0.29) is 19.5 Å². The fraction of sp³-hybridized carbons (Fsp3) is 0.250. The smallest absolute Gasteiger partial charge is 0.217 e. The molecule has 0 heterocycles. The molecule has 0 N–H and O–H groups in total. The van der Waals surface area contributed by atoms with E-state index in [1.165, 1.54) is 24.3 Å². The number of hydrogen-bond donors (Lipinski definition) is 0. The molecule has 0 aliphatic rings. The molecule has 0 aliphatic carbocycles. The summed E-state index contributed by atoms with van der Waals surface area (Å²) in [6.07, 6.45) is -7.22. The second kappa shape index (κ2) is 8.01. The van der Waals surface area contributed by atoms with Gasteiger partial charge in [0.25, 0.3) is 9.84 Å². The second-order valence-electron chi connectivity index (χ2n) is 5.67. The Labute approximate surface area is 182 Å². The molecule has 1 radical (unpaired) electrons. The van der Waals surface area contributed by atoms with Crippen molar-refractivity contribution in [2.75, 3.05) is 0 Å². The largest absolute Gasteiger partial charge is 0.461 e. The third kappa shape index (κ3) is 4.45. The molecule has 29 heavy (non-hydrogen) atoms. The molecule has 2 aromatic rings. The van der Waals surface area contributed by atoms with Crippen LogP contribution in [-0.2, 0) is 16.3 Å². The standard InChI is InChI=1S/C16H7Br2ClF7O2S/c17-9-6-12(18)11(5-8-2-1-3-10(19)4-8)13(7-9)29(27,28)16(25,26)14(20,21)15(22,23)24/h1-4,7H,5H2. The Balaban J connectivity index is 2.73. The monoisotopic (exact) mass is 589 g/mol. The van der Waals surface area contributed by atoms with Gasteiger partial charge in [0, 0.05) is 20.0 Å². The molecule has 2 aromatic carbocycles. The van der Waals surface area contributed by atoms with Crippen molar-refractivity contribution in [2.24, 2.45) is 0 Å². The topological polar surface area (TPSA) is 34.1 Å². The molecule has 13 heteroatoms. The van der Waals surface area contributed by atoms with Gasteiger partial charge in [-0.3, -0.25) is 0 Å². The summed E-state index contributed by atoms with van der Waals surface area (Å²) >= 11 is 11.5. The van der Waals surface area contributed by atoms with E-state index in [1.807, 2.05) is 0 Å². The van der Waals surface area contributed by atoms with Crippen LogP contribution in [0.25, 0.3) is 0 Å². The van der Waals surface area contributed by atoms with Crippen molar-refractivity contribution in [1.29, 1.82) is 0 Å². The predicted octanol–water partition coefficient (Wildman–Crippen LogP) is 6.82. The molecule has 0 saturated carbocycles. The Kier molecular flexibility index (Phi) is 6.74. The van der Waals surface area contributed by atoms with Crippen LogP contribution in [-0.4, -0.2) is 25.8 Å². The summed E-state index contributed by atoms with van der Waals surface area (Å²) in [6.45, 7) is 0. The minimum absolute atomic E-state index is 0.207. The van der Waals surface area contributed by atoms with Crippen LogP contribution >= 0.6 is 43.5 Å². The lowest BCUT2D eigenvalue weighted by molar-refractivity contribution is -0.332. The first-order valence-electron chi connectivity index (χ1n) is 7.24.